The Balaban J connectivity index is 2.59. The first kappa shape index (κ1) is 19.1. The zero-order valence-electron chi connectivity index (χ0n) is 14.6. The molecule has 5 heteroatoms. The maximum atomic E-state index is 6.38. The van der Waals surface area contributed by atoms with Crippen molar-refractivity contribution in [2.24, 2.45) is 0 Å². The second kappa shape index (κ2) is 9.23. The van der Waals surface area contributed by atoms with Gasteiger partial charge in [0.2, 0.25) is 0 Å². The molecule has 1 aromatic carbocycles. The van der Waals surface area contributed by atoms with Gasteiger partial charge in [-0.1, -0.05) is 17.7 Å². The average molecular weight is 329 g/mol. The molecule has 0 heterocycles. The number of halogens is 1. The maximum Gasteiger partial charge on any atom is 0.179 e. The fourth-order valence-corrected chi connectivity index (χ4v) is 2.91. The van der Waals surface area contributed by atoms with Gasteiger partial charge in [0.25, 0.3) is 0 Å². The molecule has 0 atom stereocenters. The predicted octanol–water partition coefficient (Wildman–Crippen LogP) is 3.57. The van der Waals surface area contributed by atoms with Crippen LogP contribution >= 0.6 is 11.6 Å². The van der Waals surface area contributed by atoms with Crippen LogP contribution < -0.4 is 14.8 Å². The van der Waals surface area contributed by atoms with E-state index in [-0.39, 0.29) is 0 Å². The van der Waals surface area contributed by atoms with Gasteiger partial charge in [0.15, 0.2) is 11.5 Å². The van der Waals surface area contributed by atoms with Crippen LogP contribution in [0.25, 0.3) is 0 Å². The maximum absolute atomic E-state index is 6.38. The van der Waals surface area contributed by atoms with Crippen molar-refractivity contribution in [3.05, 3.63) is 22.7 Å². The summed E-state index contributed by atoms with van der Waals surface area (Å²) in [6.07, 6.45) is 0. The summed E-state index contributed by atoms with van der Waals surface area (Å²) >= 11 is 6.38. The van der Waals surface area contributed by atoms with Gasteiger partial charge in [-0.15, -0.1) is 0 Å². The Bertz CT molecular complexity index is 456. The quantitative estimate of drug-likeness (QED) is 0.703. The van der Waals surface area contributed by atoms with Gasteiger partial charge < -0.3 is 14.8 Å². The number of hydrogen-bond donors (Lipinski definition) is 1. The molecule has 1 aromatic rings. The summed E-state index contributed by atoms with van der Waals surface area (Å²) in [5.41, 5.74) is 1.01. The molecule has 0 radical (unpaired) electrons. The third kappa shape index (κ3) is 5.04. The Labute approximate surface area is 139 Å². The summed E-state index contributed by atoms with van der Waals surface area (Å²) in [5, 5.41) is 4.06. The van der Waals surface area contributed by atoms with Crippen LogP contribution in [0.15, 0.2) is 12.1 Å². The smallest absolute Gasteiger partial charge is 0.179 e. The van der Waals surface area contributed by atoms with Crippen LogP contribution in [-0.2, 0) is 6.54 Å². The summed E-state index contributed by atoms with van der Waals surface area (Å²) in [4.78, 5) is 2.46. The van der Waals surface area contributed by atoms with Gasteiger partial charge in [-0.3, -0.25) is 4.90 Å². The van der Waals surface area contributed by atoms with Gasteiger partial charge in [0, 0.05) is 31.7 Å². The van der Waals surface area contributed by atoms with E-state index in [0.717, 1.165) is 18.7 Å². The lowest BCUT2D eigenvalue weighted by Crippen LogP contribution is -2.41. The van der Waals surface area contributed by atoms with Crippen LogP contribution in [0.3, 0.4) is 0 Å². The molecule has 0 saturated carbocycles. The molecule has 0 spiro atoms. The summed E-state index contributed by atoms with van der Waals surface area (Å²) in [6.45, 7) is 11.6. The van der Waals surface area contributed by atoms with Gasteiger partial charge in [0.1, 0.15) is 0 Å². The molecular formula is C17H29ClN2O2. The molecule has 0 bridgehead atoms. The lowest BCUT2D eigenvalue weighted by atomic mass is 10.2. The number of ether oxygens (including phenoxy) is 2. The van der Waals surface area contributed by atoms with Crippen molar-refractivity contribution in [1.82, 2.24) is 10.2 Å². The molecule has 0 aliphatic carbocycles. The summed E-state index contributed by atoms with van der Waals surface area (Å²) in [5.74, 6) is 1.25. The molecule has 4 nitrogen and oxygen atoms in total. The standard InChI is InChI=1S/C17H29ClN2O2/c1-12(2)20(13(3)4)10-9-19-11-14-7-8-15(21-5)17(22-6)16(14)18/h7-8,12-13,19H,9-11H2,1-6H3. The number of methoxy groups -OCH3 is 2. The fourth-order valence-electron chi connectivity index (χ4n) is 2.61. The monoisotopic (exact) mass is 328 g/mol. The van der Waals surface area contributed by atoms with E-state index in [1.54, 1.807) is 14.2 Å². The molecule has 0 aromatic heterocycles. The summed E-state index contributed by atoms with van der Waals surface area (Å²) < 4.78 is 10.6. The lowest BCUT2D eigenvalue weighted by Gasteiger charge is -2.30. The highest BCUT2D eigenvalue weighted by Crippen LogP contribution is 2.37. The van der Waals surface area contributed by atoms with Crippen molar-refractivity contribution in [2.45, 2.75) is 46.3 Å². The topological polar surface area (TPSA) is 33.7 Å². The molecule has 22 heavy (non-hydrogen) atoms. The summed E-state index contributed by atoms with van der Waals surface area (Å²) in [6, 6.07) is 4.95. The molecule has 1 N–H and O–H groups in total. The highest BCUT2D eigenvalue weighted by molar-refractivity contribution is 6.33. The number of nitrogens with one attached hydrogen (secondary N) is 1. The zero-order valence-corrected chi connectivity index (χ0v) is 15.3. The first-order valence-corrected chi connectivity index (χ1v) is 8.16. The van der Waals surface area contributed by atoms with Crippen LogP contribution in [-0.4, -0.2) is 44.3 Å². The Kier molecular flexibility index (Phi) is 8.01. The minimum absolute atomic E-state index is 0.548. The van der Waals surface area contributed by atoms with Crippen molar-refractivity contribution in [2.75, 3.05) is 27.3 Å². The van der Waals surface area contributed by atoms with E-state index in [9.17, 15) is 0 Å². The molecule has 0 aliphatic heterocycles. The van der Waals surface area contributed by atoms with Crippen molar-refractivity contribution < 1.29 is 9.47 Å². The van der Waals surface area contributed by atoms with Crippen LogP contribution in [0, 0.1) is 0 Å². The molecular weight excluding hydrogens is 300 g/mol. The van der Waals surface area contributed by atoms with E-state index in [2.05, 4.69) is 37.9 Å². The predicted molar refractivity (Wildman–Crippen MR) is 93.2 cm³/mol. The molecule has 126 valence electrons. The second-order valence-electron chi connectivity index (χ2n) is 5.88. The number of rotatable bonds is 9. The Morgan fingerprint density at radius 2 is 1.73 bits per heavy atom. The summed E-state index contributed by atoms with van der Waals surface area (Å²) in [7, 11) is 3.21. The van der Waals surface area contributed by atoms with E-state index in [0.29, 0.717) is 35.2 Å². The SMILES string of the molecule is COc1ccc(CNCCN(C(C)C)C(C)C)c(Cl)c1OC. The van der Waals surface area contributed by atoms with Crippen LogP contribution in [0.1, 0.15) is 33.3 Å². The largest absolute Gasteiger partial charge is 0.493 e. The number of hydrogen-bond acceptors (Lipinski definition) is 4. The van der Waals surface area contributed by atoms with Crippen molar-refractivity contribution in [1.29, 1.82) is 0 Å². The molecule has 0 aliphatic rings. The van der Waals surface area contributed by atoms with Gasteiger partial charge in [-0.2, -0.15) is 0 Å². The lowest BCUT2D eigenvalue weighted by molar-refractivity contribution is 0.176. The minimum Gasteiger partial charge on any atom is -0.493 e. The van der Waals surface area contributed by atoms with Crippen molar-refractivity contribution >= 4 is 11.6 Å². The van der Waals surface area contributed by atoms with E-state index < -0.39 is 0 Å². The second-order valence-corrected chi connectivity index (χ2v) is 6.25. The number of nitrogens with zero attached hydrogens (tertiary/aromatic N) is 1. The Morgan fingerprint density at radius 1 is 1.09 bits per heavy atom. The van der Waals surface area contributed by atoms with E-state index in [4.69, 9.17) is 21.1 Å². The average Bonchev–Trinajstić information content (AvgIpc) is 2.47. The van der Waals surface area contributed by atoms with Gasteiger partial charge in [-0.25, -0.2) is 0 Å². The molecule has 0 amide bonds. The van der Waals surface area contributed by atoms with Gasteiger partial charge in [0.05, 0.1) is 19.2 Å². The first-order chi connectivity index (χ1) is 10.4. The Morgan fingerprint density at radius 3 is 2.23 bits per heavy atom. The zero-order chi connectivity index (χ0) is 16.7. The van der Waals surface area contributed by atoms with Gasteiger partial charge >= 0.3 is 0 Å². The molecule has 0 fully saturated rings. The van der Waals surface area contributed by atoms with E-state index >= 15 is 0 Å². The Hall–Kier alpha value is -0.970. The van der Waals surface area contributed by atoms with Crippen LogP contribution in [0.5, 0.6) is 11.5 Å². The van der Waals surface area contributed by atoms with E-state index in [1.807, 2.05) is 12.1 Å². The molecule has 0 saturated heterocycles. The normalized spacial score (nSPS) is 11.5. The minimum atomic E-state index is 0.548. The first-order valence-electron chi connectivity index (χ1n) is 7.78. The van der Waals surface area contributed by atoms with Crippen LogP contribution in [0.4, 0.5) is 0 Å². The van der Waals surface area contributed by atoms with E-state index in [1.165, 1.54) is 0 Å². The highest BCUT2D eigenvalue weighted by atomic mass is 35.5. The van der Waals surface area contributed by atoms with Crippen molar-refractivity contribution in [3.63, 3.8) is 0 Å². The molecule has 1 rings (SSSR count). The fraction of sp³-hybridized carbons (Fsp3) is 0.647. The molecule has 0 unspecified atom stereocenters. The highest BCUT2D eigenvalue weighted by Gasteiger charge is 2.14. The third-order valence-corrected chi connectivity index (χ3v) is 4.17. The number of benzene rings is 1. The van der Waals surface area contributed by atoms with Gasteiger partial charge in [-0.05, 0) is 39.3 Å². The third-order valence-electron chi connectivity index (χ3n) is 3.75. The van der Waals surface area contributed by atoms with Crippen molar-refractivity contribution in [3.8, 4) is 11.5 Å². The van der Waals surface area contributed by atoms with Crippen LogP contribution in [0.2, 0.25) is 5.02 Å².